The molecule has 0 saturated carbocycles. The van der Waals surface area contributed by atoms with Crippen molar-refractivity contribution in [3.8, 4) is 0 Å². The van der Waals surface area contributed by atoms with Crippen LogP contribution in [0.1, 0.15) is 40.7 Å². The smallest absolute Gasteiger partial charge is 0.253 e. The number of carbonyl (C=O) groups is 1. The van der Waals surface area contributed by atoms with E-state index in [1.165, 1.54) is 17.5 Å². The summed E-state index contributed by atoms with van der Waals surface area (Å²) in [6, 6.07) is 14.5. The van der Waals surface area contributed by atoms with Crippen molar-refractivity contribution in [2.45, 2.75) is 37.1 Å². The van der Waals surface area contributed by atoms with Crippen molar-refractivity contribution >= 4 is 28.7 Å². The summed E-state index contributed by atoms with van der Waals surface area (Å²) in [4.78, 5) is 19.5. The molecule has 1 amide bonds. The van der Waals surface area contributed by atoms with Gasteiger partial charge in [0, 0.05) is 31.5 Å². The van der Waals surface area contributed by atoms with Crippen LogP contribution in [0.25, 0.3) is 11.0 Å². The van der Waals surface area contributed by atoms with Crippen LogP contribution in [0.2, 0.25) is 0 Å². The predicted octanol–water partition coefficient (Wildman–Crippen LogP) is 4.80. The zero-order valence-corrected chi connectivity index (χ0v) is 16.8. The zero-order chi connectivity index (χ0) is 18.8. The molecule has 0 bridgehead atoms. The van der Waals surface area contributed by atoms with Crippen LogP contribution in [0.5, 0.6) is 0 Å². The number of benzene rings is 2. The van der Waals surface area contributed by atoms with Crippen LogP contribution in [-0.4, -0.2) is 33.4 Å². The number of thioether (sulfide) groups is 1. The summed E-state index contributed by atoms with van der Waals surface area (Å²) in [6.07, 6.45) is 3.45. The number of hydrogen-bond donors (Lipinski definition) is 0. The summed E-state index contributed by atoms with van der Waals surface area (Å²) in [6.45, 7) is 3.85. The van der Waals surface area contributed by atoms with Gasteiger partial charge in [-0.25, -0.2) is 4.98 Å². The van der Waals surface area contributed by atoms with E-state index in [1.807, 2.05) is 30.1 Å². The zero-order valence-electron chi connectivity index (χ0n) is 15.9. The Labute approximate surface area is 164 Å². The molecular weight excluding hydrogens is 354 g/mol. The molecule has 1 aromatic heterocycles. The maximum atomic E-state index is 12.8. The van der Waals surface area contributed by atoms with Crippen molar-refractivity contribution in [1.82, 2.24) is 14.5 Å². The van der Waals surface area contributed by atoms with Gasteiger partial charge in [-0.15, -0.1) is 0 Å². The number of likely N-dealkylation sites (tertiary alicyclic amines) is 1. The molecule has 4 nitrogen and oxygen atoms in total. The Bertz CT molecular complexity index is 956. The van der Waals surface area contributed by atoms with Crippen molar-refractivity contribution in [3.63, 3.8) is 0 Å². The minimum atomic E-state index is 0.145. The third-order valence-corrected chi connectivity index (χ3v) is 6.32. The first-order chi connectivity index (χ1) is 13.1. The van der Waals surface area contributed by atoms with Gasteiger partial charge in [-0.2, -0.15) is 0 Å². The molecule has 1 aliphatic heterocycles. The van der Waals surface area contributed by atoms with E-state index in [-0.39, 0.29) is 5.91 Å². The van der Waals surface area contributed by atoms with E-state index in [1.54, 1.807) is 11.8 Å². The van der Waals surface area contributed by atoms with Gasteiger partial charge in [-0.1, -0.05) is 41.6 Å². The maximum Gasteiger partial charge on any atom is 0.253 e. The van der Waals surface area contributed by atoms with E-state index < -0.39 is 0 Å². The molecule has 5 heteroatoms. The molecule has 0 aliphatic carbocycles. The molecular formula is C22H25N3OS. The Morgan fingerprint density at radius 2 is 1.81 bits per heavy atom. The minimum absolute atomic E-state index is 0.145. The van der Waals surface area contributed by atoms with Gasteiger partial charge in [-0.05, 0) is 49.9 Å². The van der Waals surface area contributed by atoms with Crippen molar-refractivity contribution in [2.24, 2.45) is 7.05 Å². The average Bonchev–Trinajstić information content (AvgIpc) is 3.03. The summed E-state index contributed by atoms with van der Waals surface area (Å²) in [5.41, 5.74) is 5.29. The second-order valence-electron chi connectivity index (χ2n) is 7.28. The Morgan fingerprint density at radius 3 is 2.56 bits per heavy atom. The average molecular weight is 380 g/mol. The topological polar surface area (TPSA) is 38.1 Å². The summed E-state index contributed by atoms with van der Waals surface area (Å²) < 4.78 is 2.10. The molecule has 140 valence electrons. The Hall–Kier alpha value is -2.27. The van der Waals surface area contributed by atoms with Gasteiger partial charge in [0.05, 0.1) is 11.0 Å². The van der Waals surface area contributed by atoms with E-state index in [2.05, 4.69) is 35.8 Å². The van der Waals surface area contributed by atoms with Gasteiger partial charge in [0.25, 0.3) is 5.91 Å². The first-order valence-corrected chi connectivity index (χ1v) is 10.5. The lowest BCUT2D eigenvalue weighted by atomic mass is 10.1. The molecule has 1 fully saturated rings. The Morgan fingerprint density at radius 1 is 1.07 bits per heavy atom. The van der Waals surface area contributed by atoms with Crippen molar-refractivity contribution in [3.05, 3.63) is 59.2 Å². The normalized spacial score (nSPS) is 14.7. The van der Waals surface area contributed by atoms with E-state index in [0.717, 1.165) is 53.4 Å². The molecule has 0 N–H and O–H groups in total. The fraction of sp³-hybridized carbons (Fsp3) is 0.364. The summed E-state index contributed by atoms with van der Waals surface area (Å²) in [7, 11) is 2.03. The molecule has 0 radical (unpaired) electrons. The number of carbonyl (C=O) groups excluding carboxylic acids is 1. The fourth-order valence-corrected chi connectivity index (χ4v) is 4.48. The van der Waals surface area contributed by atoms with Crippen LogP contribution in [-0.2, 0) is 12.8 Å². The van der Waals surface area contributed by atoms with Crippen molar-refractivity contribution in [1.29, 1.82) is 0 Å². The molecule has 3 aromatic rings. The third-order valence-electron chi connectivity index (χ3n) is 5.22. The molecule has 2 aromatic carbocycles. The number of aromatic nitrogens is 2. The summed E-state index contributed by atoms with van der Waals surface area (Å²) in [5, 5.41) is 0.980. The Balaban J connectivity index is 1.54. The molecule has 0 spiro atoms. The lowest BCUT2D eigenvalue weighted by Crippen LogP contribution is -2.35. The van der Waals surface area contributed by atoms with Gasteiger partial charge < -0.3 is 9.47 Å². The van der Waals surface area contributed by atoms with Crippen LogP contribution < -0.4 is 0 Å². The highest BCUT2D eigenvalue weighted by Gasteiger charge is 2.19. The highest BCUT2D eigenvalue weighted by Crippen LogP contribution is 2.27. The highest BCUT2D eigenvalue weighted by atomic mass is 32.2. The highest BCUT2D eigenvalue weighted by molar-refractivity contribution is 7.98. The number of imidazole rings is 1. The van der Waals surface area contributed by atoms with Crippen LogP contribution in [0.4, 0.5) is 0 Å². The summed E-state index contributed by atoms with van der Waals surface area (Å²) in [5.74, 6) is 1.03. The van der Waals surface area contributed by atoms with E-state index in [4.69, 9.17) is 4.98 Å². The Kier molecular flexibility index (Phi) is 5.21. The predicted molar refractivity (Wildman–Crippen MR) is 111 cm³/mol. The first kappa shape index (κ1) is 18.1. The van der Waals surface area contributed by atoms with E-state index in [0.29, 0.717) is 0 Å². The number of fused-ring (bicyclic) bond motifs is 1. The standard InChI is InChI=1S/C22H25N3OS/c1-16-6-8-17(9-7-16)15-27-22-23-19-11-10-18(14-20(19)24(22)2)21(26)25-12-4-3-5-13-25/h6-11,14H,3-5,12-13,15H2,1-2H3. The lowest BCUT2D eigenvalue weighted by molar-refractivity contribution is 0.0724. The molecule has 27 heavy (non-hydrogen) atoms. The first-order valence-electron chi connectivity index (χ1n) is 9.56. The third kappa shape index (κ3) is 3.88. The van der Waals surface area contributed by atoms with Crippen LogP contribution in [0, 0.1) is 6.92 Å². The van der Waals surface area contributed by atoms with Crippen molar-refractivity contribution < 1.29 is 4.79 Å². The largest absolute Gasteiger partial charge is 0.339 e. The molecule has 4 rings (SSSR count). The minimum Gasteiger partial charge on any atom is -0.339 e. The monoisotopic (exact) mass is 379 g/mol. The molecule has 2 heterocycles. The fourth-order valence-electron chi connectivity index (χ4n) is 3.54. The lowest BCUT2D eigenvalue weighted by Gasteiger charge is -2.26. The van der Waals surface area contributed by atoms with Crippen LogP contribution >= 0.6 is 11.8 Å². The number of amides is 1. The molecule has 0 unspecified atom stereocenters. The second-order valence-corrected chi connectivity index (χ2v) is 8.23. The van der Waals surface area contributed by atoms with E-state index >= 15 is 0 Å². The SMILES string of the molecule is Cc1ccc(CSc2nc3ccc(C(=O)N4CCCCC4)cc3n2C)cc1. The van der Waals surface area contributed by atoms with Crippen LogP contribution in [0.3, 0.4) is 0 Å². The van der Waals surface area contributed by atoms with Crippen molar-refractivity contribution in [2.75, 3.05) is 13.1 Å². The molecule has 1 saturated heterocycles. The molecule has 1 aliphatic rings. The molecule has 0 atom stereocenters. The quantitative estimate of drug-likeness (QED) is 0.611. The number of rotatable bonds is 4. The maximum absolute atomic E-state index is 12.8. The van der Waals surface area contributed by atoms with Gasteiger partial charge in [0.1, 0.15) is 0 Å². The van der Waals surface area contributed by atoms with E-state index in [9.17, 15) is 4.79 Å². The number of nitrogens with zero attached hydrogens (tertiary/aromatic N) is 3. The second kappa shape index (κ2) is 7.77. The van der Waals surface area contributed by atoms with Gasteiger partial charge in [0.2, 0.25) is 0 Å². The van der Waals surface area contributed by atoms with Gasteiger partial charge >= 0.3 is 0 Å². The summed E-state index contributed by atoms with van der Waals surface area (Å²) >= 11 is 1.73. The van der Waals surface area contributed by atoms with Crippen LogP contribution in [0.15, 0.2) is 47.6 Å². The number of piperidine rings is 1. The number of hydrogen-bond acceptors (Lipinski definition) is 3. The van der Waals surface area contributed by atoms with Gasteiger partial charge in [-0.3, -0.25) is 4.79 Å². The number of aryl methyl sites for hydroxylation is 2. The van der Waals surface area contributed by atoms with Gasteiger partial charge in [0.15, 0.2) is 5.16 Å².